The molecule has 0 N–H and O–H groups in total. The molecule has 6 aromatic carbocycles. The van der Waals surface area contributed by atoms with Gasteiger partial charge in [-0.1, -0.05) is 158 Å². The fourth-order valence-electron chi connectivity index (χ4n) is 6.63. The molecule has 44 heavy (non-hydrogen) atoms. The number of halogens is 1. The van der Waals surface area contributed by atoms with E-state index in [2.05, 4.69) is 137 Å². The highest BCUT2D eigenvalue weighted by atomic mass is 35.5. The third-order valence-corrected chi connectivity index (χ3v) is 8.76. The van der Waals surface area contributed by atoms with Crippen molar-refractivity contribution < 1.29 is 0 Å². The zero-order valence-electron chi connectivity index (χ0n) is 23.7. The van der Waals surface area contributed by atoms with Crippen LogP contribution in [0, 0.1) is 0 Å². The summed E-state index contributed by atoms with van der Waals surface area (Å²) in [6, 6.07) is 55.4. The summed E-state index contributed by atoms with van der Waals surface area (Å²) >= 11 is 6.46. The minimum Gasteiger partial charge on any atom is -0.208 e. The first-order chi connectivity index (χ1) is 21.7. The maximum atomic E-state index is 6.46. The second-order valence-corrected chi connectivity index (χ2v) is 11.3. The fraction of sp³-hybridized carbons (Fsp3) is 0.0250. The molecule has 208 valence electrons. The molecule has 1 heterocycles. The summed E-state index contributed by atoms with van der Waals surface area (Å²) < 4.78 is 0. The van der Waals surface area contributed by atoms with Gasteiger partial charge < -0.3 is 0 Å². The number of aromatic nitrogens is 3. The topological polar surface area (TPSA) is 38.7 Å². The van der Waals surface area contributed by atoms with Crippen LogP contribution in [0.4, 0.5) is 0 Å². The SMILES string of the molecule is Clc1nc(-c2ccc(-c3ccccc3)cc2)nc(-c2ccc(C3(c4ccccc4)c4ccccc4-c4ccccc43)cc2)n1. The van der Waals surface area contributed by atoms with Crippen molar-refractivity contribution in [3.05, 3.63) is 185 Å². The Morgan fingerprint density at radius 3 is 1.34 bits per heavy atom. The Kier molecular flexibility index (Phi) is 6.40. The number of nitrogens with zero attached hydrogens (tertiary/aromatic N) is 3. The molecule has 1 aromatic heterocycles. The Hall–Kier alpha value is -5.38. The molecule has 0 spiro atoms. The molecule has 1 aliphatic rings. The monoisotopic (exact) mass is 583 g/mol. The largest absolute Gasteiger partial charge is 0.226 e. The molecule has 0 saturated carbocycles. The van der Waals surface area contributed by atoms with Gasteiger partial charge in [0.1, 0.15) is 0 Å². The summed E-state index contributed by atoms with van der Waals surface area (Å²) in [4.78, 5) is 13.8. The first kappa shape index (κ1) is 26.3. The van der Waals surface area contributed by atoms with Crippen molar-refractivity contribution in [3.8, 4) is 45.0 Å². The molecule has 0 radical (unpaired) electrons. The Bertz CT molecular complexity index is 2060. The molecular weight excluding hydrogens is 558 g/mol. The standard InChI is InChI=1S/C40H26ClN3/c41-39-43-37(29-21-19-28(20-22-29)27-11-3-1-4-12-27)42-38(44-39)30-23-25-32(26-24-30)40(31-13-5-2-6-14-31)35-17-9-7-15-33(35)34-16-8-10-18-36(34)40/h1-26H. The first-order valence-corrected chi connectivity index (χ1v) is 15.0. The normalized spacial score (nSPS) is 12.8. The molecule has 0 atom stereocenters. The molecule has 0 aliphatic heterocycles. The number of rotatable bonds is 5. The van der Waals surface area contributed by atoms with Gasteiger partial charge in [0.25, 0.3) is 0 Å². The van der Waals surface area contributed by atoms with E-state index in [4.69, 9.17) is 16.6 Å². The summed E-state index contributed by atoms with van der Waals surface area (Å²) in [6.07, 6.45) is 0. The van der Waals surface area contributed by atoms with Gasteiger partial charge >= 0.3 is 0 Å². The average molecular weight is 584 g/mol. The van der Waals surface area contributed by atoms with Crippen molar-refractivity contribution in [2.45, 2.75) is 5.41 Å². The van der Waals surface area contributed by atoms with Crippen molar-refractivity contribution in [1.29, 1.82) is 0 Å². The van der Waals surface area contributed by atoms with Crippen LogP contribution in [0.25, 0.3) is 45.0 Å². The van der Waals surface area contributed by atoms with Crippen LogP contribution in [0.3, 0.4) is 0 Å². The predicted octanol–water partition coefficient (Wildman–Crippen LogP) is 9.89. The zero-order chi connectivity index (χ0) is 29.5. The van der Waals surface area contributed by atoms with E-state index in [1.165, 1.54) is 33.4 Å². The van der Waals surface area contributed by atoms with Gasteiger partial charge in [0, 0.05) is 11.1 Å². The summed E-state index contributed by atoms with van der Waals surface area (Å²) in [7, 11) is 0. The van der Waals surface area contributed by atoms with E-state index in [0.717, 1.165) is 22.3 Å². The third kappa shape index (κ3) is 4.24. The van der Waals surface area contributed by atoms with E-state index in [9.17, 15) is 0 Å². The van der Waals surface area contributed by atoms with E-state index in [1.54, 1.807) is 0 Å². The van der Waals surface area contributed by atoms with Crippen LogP contribution in [0.1, 0.15) is 22.3 Å². The molecule has 3 nitrogen and oxygen atoms in total. The molecule has 0 unspecified atom stereocenters. The lowest BCUT2D eigenvalue weighted by atomic mass is 9.67. The highest BCUT2D eigenvalue weighted by Gasteiger charge is 2.45. The van der Waals surface area contributed by atoms with Crippen LogP contribution in [0.5, 0.6) is 0 Å². The molecule has 8 rings (SSSR count). The Labute approximate surface area is 261 Å². The summed E-state index contributed by atoms with van der Waals surface area (Å²) in [6.45, 7) is 0. The van der Waals surface area contributed by atoms with E-state index in [-0.39, 0.29) is 5.28 Å². The van der Waals surface area contributed by atoms with Gasteiger partial charge in [0.2, 0.25) is 5.28 Å². The van der Waals surface area contributed by atoms with Gasteiger partial charge in [-0.25, -0.2) is 4.98 Å². The third-order valence-electron chi connectivity index (χ3n) is 8.59. The van der Waals surface area contributed by atoms with Gasteiger partial charge in [-0.05, 0) is 56.1 Å². The minimum atomic E-state index is -0.449. The molecule has 0 bridgehead atoms. The average Bonchev–Trinajstić information content (AvgIpc) is 3.40. The van der Waals surface area contributed by atoms with Crippen molar-refractivity contribution in [3.63, 3.8) is 0 Å². The Balaban J connectivity index is 1.22. The van der Waals surface area contributed by atoms with Crippen molar-refractivity contribution in [2.24, 2.45) is 0 Å². The van der Waals surface area contributed by atoms with Crippen LogP contribution in [0.15, 0.2) is 158 Å². The van der Waals surface area contributed by atoms with E-state index in [1.807, 2.05) is 30.3 Å². The lowest BCUT2D eigenvalue weighted by Gasteiger charge is -2.34. The summed E-state index contributed by atoms with van der Waals surface area (Å²) in [5, 5.41) is 0.167. The van der Waals surface area contributed by atoms with E-state index < -0.39 is 5.41 Å². The zero-order valence-corrected chi connectivity index (χ0v) is 24.5. The van der Waals surface area contributed by atoms with Gasteiger partial charge in [0.15, 0.2) is 11.6 Å². The Morgan fingerprint density at radius 1 is 0.364 bits per heavy atom. The molecular formula is C40H26ClN3. The number of fused-ring (bicyclic) bond motifs is 3. The molecule has 0 fully saturated rings. The molecule has 0 saturated heterocycles. The second-order valence-electron chi connectivity index (χ2n) is 11.0. The van der Waals surface area contributed by atoms with Crippen LogP contribution in [-0.4, -0.2) is 15.0 Å². The summed E-state index contributed by atoms with van der Waals surface area (Å²) in [5.41, 5.74) is 11.1. The number of benzene rings is 6. The maximum Gasteiger partial charge on any atom is 0.226 e. The lowest BCUT2D eigenvalue weighted by Crippen LogP contribution is -2.28. The quantitative estimate of drug-likeness (QED) is 0.202. The van der Waals surface area contributed by atoms with Crippen molar-refractivity contribution in [1.82, 2.24) is 15.0 Å². The van der Waals surface area contributed by atoms with Crippen LogP contribution >= 0.6 is 11.6 Å². The van der Waals surface area contributed by atoms with Gasteiger partial charge in [0.05, 0.1) is 5.41 Å². The molecule has 7 aromatic rings. The lowest BCUT2D eigenvalue weighted by molar-refractivity contribution is 0.768. The summed E-state index contributed by atoms with van der Waals surface area (Å²) in [5.74, 6) is 1.09. The highest BCUT2D eigenvalue weighted by molar-refractivity contribution is 6.28. The van der Waals surface area contributed by atoms with Crippen LogP contribution in [0.2, 0.25) is 5.28 Å². The van der Waals surface area contributed by atoms with E-state index in [0.29, 0.717) is 11.6 Å². The highest BCUT2D eigenvalue weighted by Crippen LogP contribution is 2.55. The van der Waals surface area contributed by atoms with E-state index >= 15 is 0 Å². The van der Waals surface area contributed by atoms with Gasteiger partial charge in [-0.3, -0.25) is 0 Å². The predicted molar refractivity (Wildman–Crippen MR) is 178 cm³/mol. The number of hydrogen-bond donors (Lipinski definition) is 0. The van der Waals surface area contributed by atoms with Crippen molar-refractivity contribution >= 4 is 11.6 Å². The number of hydrogen-bond acceptors (Lipinski definition) is 3. The fourth-order valence-corrected chi connectivity index (χ4v) is 6.79. The molecule has 1 aliphatic carbocycles. The van der Waals surface area contributed by atoms with Gasteiger partial charge in [-0.15, -0.1) is 0 Å². The first-order valence-electron chi connectivity index (χ1n) is 14.6. The van der Waals surface area contributed by atoms with Crippen molar-refractivity contribution in [2.75, 3.05) is 0 Å². The maximum absolute atomic E-state index is 6.46. The smallest absolute Gasteiger partial charge is 0.208 e. The van der Waals surface area contributed by atoms with Crippen LogP contribution in [-0.2, 0) is 5.41 Å². The van der Waals surface area contributed by atoms with Gasteiger partial charge in [-0.2, -0.15) is 9.97 Å². The molecule has 4 heteroatoms. The Morgan fingerprint density at radius 2 is 0.773 bits per heavy atom. The second kappa shape index (κ2) is 10.7. The van der Waals surface area contributed by atoms with Crippen LogP contribution < -0.4 is 0 Å². The molecule has 0 amide bonds. The minimum absolute atomic E-state index is 0.167.